The summed E-state index contributed by atoms with van der Waals surface area (Å²) in [6, 6.07) is 3.87. The molecule has 0 bridgehead atoms. The average Bonchev–Trinajstić information content (AvgIpc) is 2.35. The molecule has 0 spiro atoms. The third-order valence-electron chi connectivity index (χ3n) is 2.75. The summed E-state index contributed by atoms with van der Waals surface area (Å²) in [5, 5.41) is 5.12. The highest BCUT2D eigenvalue weighted by Gasteiger charge is 2.21. The number of carbonyl (C=O) groups is 1. The summed E-state index contributed by atoms with van der Waals surface area (Å²) in [6.07, 6.45) is -2.67. The van der Waals surface area contributed by atoms with Crippen molar-refractivity contribution in [2.75, 3.05) is 32.6 Å². The molecule has 0 radical (unpaired) electrons. The highest BCUT2D eigenvalue weighted by molar-refractivity contribution is 7.89. The van der Waals surface area contributed by atoms with E-state index < -0.39 is 28.9 Å². The Morgan fingerprint density at radius 2 is 1.86 bits per heavy atom. The van der Waals surface area contributed by atoms with Crippen molar-refractivity contribution in [3.63, 3.8) is 0 Å². The molecule has 0 aliphatic rings. The molecule has 0 heterocycles. The molecule has 1 amide bonds. The number of alkyl halides is 2. The van der Waals surface area contributed by atoms with E-state index in [1.54, 1.807) is 14.1 Å². The monoisotopic (exact) mass is 321 g/mol. The fourth-order valence-corrected chi connectivity index (χ4v) is 2.59. The summed E-state index contributed by atoms with van der Waals surface area (Å²) in [5.74, 6) is -0.703. The van der Waals surface area contributed by atoms with Crippen molar-refractivity contribution in [3.05, 3.63) is 23.8 Å². The van der Waals surface area contributed by atoms with Gasteiger partial charge < -0.3 is 9.80 Å². The van der Waals surface area contributed by atoms with Crippen molar-refractivity contribution < 1.29 is 22.0 Å². The molecule has 6 nitrogen and oxygen atoms in total. The van der Waals surface area contributed by atoms with Gasteiger partial charge in [-0.15, -0.1) is 0 Å². The number of sulfonamides is 1. The summed E-state index contributed by atoms with van der Waals surface area (Å²) >= 11 is 0. The third kappa shape index (κ3) is 4.36. The van der Waals surface area contributed by atoms with E-state index in [0.717, 1.165) is 11.0 Å². The molecule has 0 saturated carbocycles. The van der Waals surface area contributed by atoms with E-state index in [1.807, 2.05) is 0 Å². The first-order valence-corrected chi connectivity index (χ1v) is 7.46. The van der Waals surface area contributed by atoms with Crippen LogP contribution >= 0.6 is 0 Å². The molecule has 0 atom stereocenters. The fraction of sp³-hybridized carbons (Fsp3) is 0.417. The Morgan fingerprint density at radius 1 is 1.29 bits per heavy atom. The van der Waals surface area contributed by atoms with Crippen LogP contribution in [0.4, 0.5) is 14.5 Å². The number of hydrogen-bond acceptors (Lipinski definition) is 4. The molecule has 1 aromatic carbocycles. The van der Waals surface area contributed by atoms with Crippen molar-refractivity contribution in [1.29, 1.82) is 0 Å². The molecule has 21 heavy (non-hydrogen) atoms. The lowest BCUT2D eigenvalue weighted by molar-refractivity contribution is 0.0620. The average molecular weight is 321 g/mol. The maximum atomic E-state index is 12.3. The first-order chi connectivity index (χ1) is 9.54. The van der Waals surface area contributed by atoms with Crippen LogP contribution < -0.4 is 10.0 Å². The standard InChI is InChI=1S/C12H17F2N3O3S/c1-16(2)9-5-4-8(6-10(9)21(15,19)20)12(18)17(3)7-11(13)14/h4-6,11H,7H2,1-3H3,(H2,15,19,20). The van der Waals surface area contributed by atoms with Gasteiger partial charge >= 0.3 is 0 Å². The summed E-state index contributed by atoms with van der Waals surface area (Å²) in [4.78, 5) is 14.1. The van der Waals surface area contributed by atoms with Crippen LogP contribution in [-0.2, 0) is 10.0 Å². The second-order valence-electron chi connectivity index (χ2n) is 4.70. The molecule has 0 aliphatic carbocycles. The molecule has 0 fully saturated rings. The van der Waals surface area contributed by atoms with Gasteiger partial charge in [0.05, 0.1) is 12.2 Å². The lowest BCUT2D eigenvalue weighted by Crippen LogP contribution is -2.31. The minimum atomic E-state index is -4.04. The number of nitrogens with zero attached hydrogens (tertiary/aromatic N) is 2. The molecular weight excluding hydrogens is 304 g/mol. The van der Waals surface area contributed by atoms with Gasteiger partial charge in [-0.2, -0.15) is 0 Å². The Balaban J connectivity index is 3.26. The van der Waals surface area contributed by atoms with Crippen LogP contribution in [0, 0.1) is 0 Å². The molecule has 1 rings (SSSR count). The topological polar surface area (TPSA) is 83.7 Å². The fourth-order valence-electron chi connectivity index (χ4n) is 1.75. The van der Waals surface area contributed by atoms with Crippen molar-refractivity contribution >= 4 is 21.6 Å². The zero-order valence-corrected chi connectivity index (χ0v) is 12.7. The number of benzene rings is 1. The van der Waals surface area contributed by atoms with E-state index >= 15 is 0 Å². The van der Waals surface area contributed by atoms with Crippen LogP contribution in [0.15, 0.2) is 23.1 Å². The van der Waals surface area contributed by atoms with Crippen molar-refractivity contribution in [1.82, 2.24) is 4.90 Å². The zero-order chi connectivity index (χ0) is 16.4. The first-order valence-electron chi connectivity index (χ1n) is 5.92. The molecule has 0 aromatic heterocycles. The summed E-state index contributed by atoms with van der Waals surface area (Å²) in [6.45, 7) is -0.737. The summed E-state index contributed by atoms with van der Waals surface area (Å²) in [5.41, 5.74) is 0.290. The number of anilines is 1. The van der Waals surface area contributed by atoms with Gasteiger partial charge in [0.2, 0.25) is 10.0 Å². The van der Waals surface area contributed by atoms with Crippen molar-refractivity contribution in [3.8, 4) is 0 Å². The lowest BCUT2D eigenvalue weighted by atomic mass is 10.1. The van der Waals surface area contributed by atoms with Crippen LogP contribution in [-0.4, -0.2) is 53.3 Å². The molecule has 2 N–H and O–H groups in total. The highest BCUT2D eigenvalue weighted by atomic mass is 32.2. The lowest BCUT2D eigenvalue weighted by Gasteiger charge is -2.20. The Labute approximate surface area is 122 Å². The van der Waals surface area contributed by atoms with E-state index in [-0.39, 0.29) is 10.5 Å². The number of rotatable bonds is 5. The van der Waals surface area contributed by atoms with Gasteiger partial charge in [0.1, 0.15) is 4.90 Å². The van der Waals surface area contributed by atoms with Crippen molar-refractivity contribution in [2.24, 2.45) is 5.14 Å². The van der Waals surface area contributed by atoms with Crippen LogP contribution in [0.25, 0.3) is 0 Å². The van der Waals surface area contributed by atoms with Crippen LogP contribution in [0.2, 0.25) is 0 Å². The maximum absolute atomic E-state index is 12.3. The minimum absolute atomic E-state index is 0.0206. The Hall–Kier alpha value is -1.74. The number of amides is 1. The van der Waals surface area contributed by atoms with Crippen molar-refractivity contribution in [2.45, 2.75) is 11.3 Å². The van der Waals surface area contributed by atoms with Gasteiger partial charge in [0, 0.05) is 26.7 Å². The van der Waals surface area contributed by atoms with Gasteiger partial charge in [0.15, 0.2) is 0 Å². The van der Waals surface area contributed by atoms with E-state index in [4.69, 9.17) is 5.14 Å². The SMILES string of the molecule is CN(CC(F)F)C(=O)c1ccc(N(C)C)c(S(N)(=O)=O)c1. The van der Waals surface area contributed by atoms with Gasteiger partial charge in [-0.05, 0) is 18.2 Å². The predicted octanol–water partition coefficient (Wildman–Crippen LogP) is 0.737. The van der Waals surface area contributed by atoms with Crippen LogP contribution in [0.5, 0.6) is 0 Å². The molecule has 118 valence electrons. The van der Waals surface area contributed by atoms with Gasteiger partial charge in [-0.25, -0.2) is 22.3 Å². The Morgan fingerprint density at radius 3 is 2.29 bits per heavy atom. The number of primary sulfonamides is 1. The van der Waals surface area contributed by atoms with Crippen LogP contribution in [0.3, 0.4) is 0 Å². The zero-order valence-electron chi connectivity index (χ0n) is 11.9. The largest absolute Gasteiger partial charge is 0.377 e. The quantitative estimate of drug-likeness (QED) is 0.867. The molecule has 0 saturated heterocycles. The van der Waals surface area contributed by atoms with Gasteiger partial charge in [0.25, 0.3) is 12.3 Å². The summed E-state index contributed by atoms with van der Waals surface area (Å²) < 4.78 is 47.7. The smallest absolute Gasteiger partial charge is 0.255 e. The third-order valence-corrected chi connectivity index (χ3v) is 3.69. The minimum Gasteiger partial charge on any atom is -0.377 e. The highest BCUT2D eigenvalue weighted by Crippen LogP contribution is 2.24. The second kappa shape index (κ2) is 6.35. The van der Waals surface area contributed by atoms with E-state index in [0.29, 0.717) is 5.69 Å². The van der Waals surface area contributed by atoms with Gasteiger partial charge in [-0.1, -0.05) is 0 Å². The maximum Gasteiger partial charge on any atom is 0.255 e. The second-order valence-corrected chi connectivity index (χ2v) is 6.23. The van der Waals surface area contributed by atoms with E-state index in [1.165, 1.54) is 24.1 Å². The predicted molar refractivity (Wildman–Crippen MR) is 75.1 cm³/mol. The number of hydrogen-bond donors (Lipinski definition) is 1. The number of nitrogens with two attached hydrogens (primary N) is 1. The van der Waals surface area contributed by atoms with Crippen LogP contribution in [0.1, 0.15) is 10.4 Å². The van der Waals surface area contributed by atoms with E-state index in [9.17, 15) is 22.0 Å². The van der Waals surface area contributed by atoms with Gasteiger partial charge in [-0.3, -0.25) is 4.79 Å². The summed E-state index contributed by atoms with van der Waals surface area (Å²) in [7, 11) is 0.408. The van der Waals surface area contributed by atoms with E-state index in [2.05, 4.69) is 0 Å². The molecule has 9 heteroatoms. The molecular formula is C12H17F2N3O3S. The molecule has 1 aromatic rings. The normalized spacial score (nSPS) is 11.6. The molecule has 0 unspecified atom stereocenters. The molecule has 0 aliphatic heterocycles. The Bertz CT molecular complexity index is 633. The Kier molecular flexibility index (Phi) is 5.24. The number of halogens is 2. The number of carbonyl (C=O) groups excluding carboxylic acids is 1. The first kappa shape index (κ1) is 17.3.